The van der Waals surface area contributed by atoms with E-state index in [0.717, 1.165) is 9.95 Å². The number of hydrogen-bond donors (Lipinski definition) is 1. The molecule has 0 aliphatic carbocycles. The summed E-state index contributed by atoms with van der Waals surface area (Å²) in [7, 11) is 0. The molecule has 4 nitrogen and oxygen atoms in total. The first kappa shape index (κ1) is 10.3. The number of rotatable bonds is 1. The van der Waals surface area contributed by atoms with Gasteiger partial charge in [-0.3, -0.25) is 0 Å². The number of aromatic nitrogens is 2. The van der Waals surface area contributed by atoms with Gasteiger partial charge in [-0.05, 0) is 0 Å². The Balaban J connectivity index is 2.32. The molecular formula is C12H8N2O2Se. The zero-order chi connectivity index (χ0) is 11.8. The van der Waals surface area contributed by atoms with Gasteiger partial charge in [0.25, 0.3) is 0 Å². The molecule has 0 radical (unpaired) electrons. The Morgan fingerprint density at radius 2 is 2.18 bits per heavy atom. The Morgan fingerprint density at radius 3 is 2.94 bits per heavy atom. The Labute approximate surface area is 103 Å². The Hall–Kier alpha value is -1.84. The second-order valence-corrected chi connectivity index (χ2v) is 5.65. The third kappa shape index (κ3) is 1.69. The summed E-state index contributed by atoms with van der Waals surface area (Å²) in [6, 6.07) is 8.53. The molecule has 84 valence electrons. The minimum absolute atomic E-state index is 0.0204. The van der Waals surface area contributed by atoms with Gasteiger partial charge in [-0.2, -0.15) is 0 Å². The van der Waals surface area contributed by atoms with Gasteiger partial charge in [-0.1, -0.05) is 0 Å². The normalized spacial score (nSPS) is 10.8. The number of phenols is 1. The summed E-state index contributed by atoms with van der Waals surface area (Å²) >= 11 is -0.131. The zero-order valence-corrected chi connectivity index (χ0v) is 10.4. The maximum absolute atomic E-state index is 12.1. The van der Waals surface area contributed by atoms with E-state index in [0.29, 0.717) is 5.39 Å². The summed E-state index contributed by atoms with van der Waals surface area (Å²) in [5.41, 5.74) is 0.779. The van der Waals surface area contributed by atoms with Gasteiger partial charge in [0, 0.05) is 0 Å². The number of benzene rings is 1. The number of fused-ring (bicyclic) bond motifs is 1. The van der Waals surface area contributed by atoms with Crippen LogP contribution < -0.4 is 5.56 Å². The van der Waals surface area contributed by atoms with E-state index in [9.17, 15) is 9.90 Å². The molecular weight excluding hydrogens is 283 g/mol. The van der Waals surface area contributed by atoms with Crippen LogP contribution >= 0.6 is 0 Å². The fraction of sp³-hybridized carbons (Fsp3) is 0. The predicted molar refractivity (Wildman–Crippen MR) is 65.9 cm³/mol. The van der Waals surface area contributed by atoms with Crippen LogP contribution in [0.2, 0.25) is 0 Å². The molecule has 5 heteroatoms. The molecule has 0 spiro atoms. The van der Waals surface area contributed by atoms with E-state index < -0.39 is 0 Å². The summed E-state index contributed by atoms with van der Waals surface area (Å²) in [4.78, 5) is 16.2. The third-order valence-electron chi connectivity index (χ3n) is 2.45. The minimum atomic E-state index is -0.131. The second kappa shape index (κ2) is 3.87. The van der Waals surface area contributed by atoms with Crippen LogP contribution in [0, 0.1) is 0 Å². The quantitative estimate of drug-likeness (QED) is 0.684. The van der Waals surface area contributed by atoms with Crippen LogP contribution in [0.25, 0.3) is 15.3 Å². The van der Waals surface area contributed by atoms with E-state index in [1.165, 1.54) is 0 Å². The van der Waals surface area contributed by atoms with Gasteiger partial charge in [0.15, 0.2) is 0 Å². The number of hydrogen-bond acceptors (Lipinski definition) is 3. The van der Waals surface area contributed by atoms with Crippen molar-refractivity contribution in [1.82, 2.24) is 8.55 Å². The van der Waals surface area contributed by atoms with E-state index >= 15 is 0 Å². The fourth-order valence-corrected chi connectivity index (χ4v) is 3.79. The Bertz CT molecular complexity index is 731. The average Bonchev–Trinajstić information content (AvgIpc) is 2.67. The van der Waals surface area contributed by atoms with Crippen LogP contribution in [0.3, 0.4) is 0 Å². The second-order valence-electron chi connectivity index (χ2n) is 3.58. The molecule has 0 saturated heterocycles. The predicted octanol–water partition coefficient (Wildman–Crippen LogP) is 1.15. The summed E-state index contributed by atoms with van der Waals surface area (Å²) in [5, 5.41) is 10.1. The van der Waals surface area contributed by atoms with Crippen molar-refractivity contribution >= 4 is 24.4 Å². The van der Waals surface area contributed by atoms with Crippen molar-refractivity contribution in [2.24, 2.45) is 0 Å². The fourth-order valence-electron chi connectivity index (χ4n) is 1.66. The monoisotopic (exact) mass is 292 g/mol. The van der Waals surface area contributed by atoms with Crippen molar-refractivity contribution in [3.05, 3.63) is 53.1 Å². The molecule has 0 fully saturated rings. The summed E-state index contributed by atoms with van der Waals surface area (Å²) in [5.74, 6) is 0.200. The average molecular weight is 291 g/mol. The van der Waals surface area contributed by atoms with Gasteiger partial charge in [0.2, 0.25) is 0 Å². The molecule has 1 aromatic carbocycles. The summed E-state index contributed by atoms with van der Waals surface area (Å²) < 4.78 is 2.62. The first-order valence-corrected chi connectivity index (χ1v) is 6.63. The first-order valence-electron chi connectivity index (χ1n) is 5.01. The first-order chi connectivity index (χ1) is 8.25. The molecule has 0 bridgehead atoms. The third-order valence-corrected chi connectivity index (χ3v) is 4.74. The SMILES string of the molecule is O=c1c2ccc(O)cc2[se]n1-c1cccnc1. The zero-order valence-electron chi connectivity index (χ0n) is 8.70. The molecule has 3 aromatic rings. The van der Waals surface area contributed by atoms with Gasteiger partial charge in [-0.25, -0.2) is 0 Å². The van der Waals surface area contributed by atoms with Crippen LogP contribution in [0.4, 0.5) is 0 Å². The van der Waals surface area contributed by atoms with Crippen LogP contribution in [0.5, 0.6) is 5.75 Å². The Morgan fingerprint density at radius 1 is 1.29 bits per heavy atom. The van der Waals surface area contributed by atoms with E-state index in [4.69, 9.17) is 0 Å². The molecule has 2 heterocycles. The number of phenolic OH excluding ortho intramolecular Hbond substituents is 1. The van der Waals surface area contributed by atoms with E-state index in [-0.39, 0.29) is 26.0 Å². The summed E-state index contributed by atoms with van der Waals surface area (Å²) in [6.07, 6.45) is 3.35. The van der Waals surface area contributed by atoms with Gasteiger partial charge >= 0.3 is 103 Å². The van der Waals surface area contributed by atoms with Crippen molar-refractivity contribution in [2.45, 2.75) is 0 Å². The van der Waals surface area contributed by atoms with Crippen molar-refractivity contribution in [3.8, 4) is 11.4 Å². The molecule has 0 unspecified atom stereocenters. The van der Waals surface area contributed by atoms with Crippen LogP contribution in [-0.4, -0.2) is 28.4 Å². The van der Waals surface area contributed by atoms with Gasteiger partial charge < -0.3 is 0 Å². The Kier molecular flexibility index (Phi) is 2.35. The van der Waals surface area contributed by atoms with Gasteiger partial charge in [0.1, 0.15) is 0 Å². The molecule has 17 heavy (non-hydrogen) atoms. The molecule has 1 N–H and O–H groups in total. The maximum atomic E-state index is 12.1. The standard InChI is InChI=1S/C12H8N2O2Se/c15-9-3-4-10-11(6-9)17-14(12(10)16)8-2-1-5-13-7-8/h1-7,15H. The van der Waals surface area contributed by atoms with Crippen LogP contribution in [0.15, 0.2) is 47.5 Å². The van der Waals surface area contributed by atoms with Crippen molar-refractivity contribution in [3.63, 3.8) is 0 Å². The van der Waals surface area contributed by atoms with E-state index in [2.05, 4.69) is 4.98 Å². The van der Waals surface area contributed by atoms with Gasteiger partial charge in [-0.15, -0.1) is 0 Å². The molecule has 0 aliphatic rings. The van der Waals surface area contributed by atoms with E-state index in [1.54, 1.807) is 40.2 Å². The molecule has 0 atom stereocenters. The number of aromatic hydroxyl groups is 1. The number of nitrogens with zero attached hydrogens (tertiary/aromatic N) is 2. The molecule has 0 saturated carbocycles. The van der Waals surface area contributed by atoms with Gasteiger partial charge in [0.05, 0.1) is 0 Å². The van der Waals surface area contributed by atoms with Crippen LogP contribution in [0.1, 0.15) is 0 Å². The van der Waals surface area contributed by atoms with E-state index in [1.807, 2.05) is 6.07 Å². The molecule has 0 amide bonds. The summed E-state index contributed by atoms with van der Waals surface area (Å²) in [6.45, 7) is 0. The van der Waals surface area contributed by atoms with Crippen LogP contribution in [-0.2, 0) is 0 Å². The van der Waals surface area contributed by atoms with Crippen molar-refractivity contribution in [2.75, 3.05) is 0 Å². The van der Waals surface area contributed by atoms with Crippen molar-refractivity contribution in [1.29, 1.82) is 0 Å². The van der Waals surface area contributed by atoms with Crippen molar-refractivity contribution < 1.29 is 5.11 Å². The molecule has 2 aromatic heterocycles. The number of pyridine rings is 1. The topological polar surface area (TPSA) is 55.1 Å². The molecule has 0 aliphatic heterocycles. The molecule has 3 rings (SSSR count).